The van der Waals surface area contributed by atoms with Crippen molar-refractivity contribution in [3.8, 4) is 0 Å². The highest BCUT2D eigenvalue weighted by atomic mass is 19.1. The number of halogens is 1. The molecule has 1 aliphatic heterocycles. The van der Waals surface area contributed by atoms with E-state index in [9.17, 15) is 18.8 Å². The van der Waals surface area contributed by atoms with Gasteiger partial charge in [-0.25, -0.2) is 4.98 Å². The minimum Gasteiger partial charge on any atom is -0.317 e. The van der Waals surface area contributed by atoms with Crippen LogP contribution in [0.25, 0.3) is 0 Å². The molecule has 0 aromatic carbocycles. The molecular weight excluding hydrogens is 253 g/mol. The molecule has 2 heterocycles. The predicted molar refractivity (Wildman–Crippen MR) is 62.5 cm³/mol. The number of nitrogens with zero attached hydrogens (tertiary/aromatic N) is 2. The summed E-state index contributed by atoms with van der Waals surface area (Å²) in [6.07, 6.45) is 1.56. The average Bonchev–Trinajstić information content (AvgIpc) is 2.37. The maximum Gasteiger partial charge on any atom is 0.259 e. The Hall–Kier alpha value is -2.31. The van der Waals surface area contributed by atoms with Crippen LogP contribution < -0.4 is 5.32 Å². The number of hydrogen-bond acceptors (Lipinski definition) is 4. The summed E-state index contributed by atoms with van der Waals surface area (Å²) >= 11 is 0. The van der Waals surface area contributed by atoms with E-state index in [1.807, 2.05) is 0 Å². The summed E-state index contributed by atoms with van der Waals surface area (Å²) in [5.74, 6) is -2.75. The van der Waals surface area contributed by atoms with Crippen molar-refractivity contribution in [2.24, 2.45) is 0 Å². The van der Waals surface area contributed by atoms with Gasteiger partial charge < -0.3 is 4.90 Å². The van der Waals surface area contributed by atoms with E-state index in [2.05, 4.69) is 10.3 Å². The van der Waals surface area contributed by atoms with E-state index < -0.39 is 29.7 Å². The molecule has 0 bridgehead atoms. The van der Waals surface area contributed by atoms with Gasteiger partial charge in [-0.05, 0) is 18.6 Å². The van der Waals surface area contributed by atoms with Crippen molar-refractivity contribution in [2.45, 2.75) is 19.4 Å². The standard InChI is InChI=1S/C12H12FN3O3/c1-2-8-11(18)15-9(17)6-16(8)12(19)7-4-3-5-14-10(7)13/h3-5,8H,2,6H2,1H3,(H,15,17,18). The molecule has 100 valence electrons. The quantitative estimate of drug-likeness (QED) is 0.607. The maximum absolute atomic E-state index is 13.5. The van der Waals surface area contributed by atoms with Crippen LogP contribution in [0.2, 0.25) is 0 Å². The molecule has 0 saturated carbocycles. The lowest BCUT2D eigenvalue weighted by molar-refractivity contribution is -0.138. The molecule has 1 N–H and O–H groups in total. The third-order valence-corrected chi connectivity index (χ3v) is 2.89. The van der Waals surface area contributed by atoms with Crippen molar-refractivity contribution >= 4 is 17.7 Å². The van der Waals surface area contributed by atoms with Gasteiger partial charge in [0.1, 0.15) is 12.6 Å². The highest BCUT2D eigenvalue weighted by molar-refractivity contribution is 6.07. The molecule has 2 rings (SSSR count). The first-order chi connectivity index (χ1) is 9.04. The number of hydrogen-bond donors (Lipinski definition) is 1. The molecule has 1 aromatic heterocycles. The molecule has 3 amide bonds. The first kappa shape index (κ1) is 13.1. The molecule has 1 saturated heterocycles. The Kier molecular flexibility index (Phi) is 3.55. The van der Waals surface area contributed by atoms with Gasteiger partial charge in [0.25, 0.3) is 5.91 Å². The highest BCUT2D eigenvalue weighted by Gasteiger charge is 2.36. The number of rotatable bonds is 2. The summed E-state index contributed by atoms with van der Waals surface area (Å²) in [6.45, 7) is 1.44. The zero-order chi connectivity index (χ0) is 14.0. The van der Waals surface area contributed by atoms with Crippen LogP contribution in [0, 0.1) is 5.95 Å². The summed E-state index contributed by atoms with van der Waals surface area (Å²) in [7, 11) is 0. The Morgan fingerprint density at radius 2 is 2.32 bits per heavy atom. The van der Waals surface area contributed by atoms with E-state index in [1.54, 1.807) is 6.92 Å². The number of piperazine rings is 1. The van der Waals surface area contributed by atoms with Gasteiger partial charge >= 0.3 is 0 Å². The molecule has 19 heavy (non-hydrogen) atoms. The molecule has 7 heteroatoms. The van der Waals surface area contributed by atoms with Crippen molar-refractivity contribution < 1.29 is 18.8 Å². The van der Waals surface area contributed by atoms with E-state index in [4.69, 9.17) is 0 Å². The summed E-state index contributed by atoms with van der Waals surface area (Å²) in [5.41, 5.74) is -0.247. The van der Waals surface area contributed by atoms with E-state index >= 15 is 0 Å². The second kappa shape index (κ2) is 5.13. The van der Waals surface area contributed by atoms with Crippen molar-refractivity contribution in [3.05, 3.63) is 29.8 Å². The topological polar surface area (TPSA) is 79.4 Å². The lowest BCUT2D eigenvalue weighted by Crippen LogP contribution is -2.59. The van der Waals surface area contributed by atoms with E-state index in [0.29, 0.717) is 6.42 Å². The molecule has 1 unspecified atom stereocenters. The van der Waals surface area contributed by atoms with Crippen molar-refractivity contribution in [1.29, 1.82) is 0 Å². The van der Waals surface area contributed by atoms with Gasteiger partial charge in [-0.15, -0.1) is 0 Å². The molecule has 0 spiro atoms. The minimum atomic E-state index is -0.916. The Balaban J connectivity index is 2.33. The van der Waals surface area contributed by atoms with Crippen LogP contribution in [0.4, 0.5) is 4.39 Å². The van der Waals surface area contributed by atoms with E-state index in [0.717, 1.165) is 4.90 Å². The zero-order valence-electron chi connectivity index (χ0n) is 10.2. The van der Waals surface area contributed by atoms with Gasteiger partial charge in [-0.3, -0.25) is 19.7 Å². The summed E-state index contributed by atoms with van der Waals surface area (Å²) in [6, 6.07) is 1.92. The average molecular weight is 265 g/mol. The van der Waals surface area contributed by atoms with Crippen LogP contribution >= 0.6 is 0 Å². The van der Waals surface area contributed by atoms with Crippen LogP contribution in [0.3, 0.4) is 0 Å². The molecule has 1 aliphatic rings. The Labute approximate surface area is 108 Å². The fourth-order valence-corrected chi connectivity index (χ4v) is 1.99. The van der Waals surface area contributed by atoms with E-state index in [1.165, 1.54) is 18.3 Å². The lowest BCUT2D eigenvalue weighted by atomic mass is 10.1. The van der Waals surface area contributed by atoms with E-state index in [-0.39, 0.29) is 12.1 Å². The van der Waals surface area contributed by atoms with Gasteiger partial charge in [0.05, 0.1) is 5.56 Å². The lowest BCUT2D eigenvalue weighted by Gasteiger charge is -2.33. The van der Waals surface area contributed by atoms with Crippen LogP contribution in [0.1, 0.15) is 23.7 Å². The number of pyridine rings is 1. The van der Waals surface area contributed by atoms with Gasteiger partial charge in [-0.2, -0.15) is 4.39 Å². The molecule has 0 radical (unpaired) electrons. The molecule has 1 aromatic rings. The fourth-order valence-electron chi connectivity index (χ4n) is 1.99. The third-order valence-electron chi connectivity index (χ3n) is 2.89. The second-order valence-electron chi connectivity index (χ2n) is 4.11. The van der Waals surface area contributed by atoms with Gasteiger partial charge in [0, 0.05) is 6.20 Å². The number of carbonyl (C=O) groups excluding carboxylic acids is 3. The van der Waals surface area contributed by atoms with Crippen molar-refractivity contribution in [3.63, 3.8) is 0 Å². The smallest absolute Gasteiger partial charge is 0.259 e. The first-order valence-electron chi connectivity index (χ1n) is 5.79. The summed E-state index contributed by atoms with van der Waals surface area (Å²) in [5, 5.41) is 2.15. The van der Waals surface area contributed by atoms with Gasteiger partial charge in [0.2, 0.25) is 17.8 Å². The zero-order valence-corrected chi connectivity index (χ0v) is 10.2. The van der Waals surface area contributed by atoms with Gasteiger partial charge in [0.15, 0.2) is 0 Å². The number of amides is 3. The van der Waals surface area contributed by atoms with Crippen LogP contribution in [-0.4, -0.2) is 40.2 Å². The number of imide groups is 1. The molecular formula is C12H12FN3O3. The number of nitrogens with one attached hydrogen (secondary N) is 1. The molecule has 0 aliphatic carbocycles. The highest BCUT2D eigenvalue weighted by Crippen LogP contribution is 2.15. The van der Waals surface area contributed by atoms with Gasteiger partial charge in [-0.1, -0.05) is 6.92 Å². The molecule has 1 fully saturated rings. The fraction of sp³-hybridized carbons (Fsp3) is 0.333. The van der Waals surface area contributed by atoms with Crippen LogP contribution in [0.5, 0.6) is 0 Å². The van der Waals surface area contributed by atoms with Crippen LogP contribution in [-0.2, 0) is 9.59 Å². The summed E-state index contributed by atoms with van der Waals surface area (Å²) in [4.78, 5) is 39.6. The Bertz CT molecular complexity index is 547. The molecule has 6 nitrogen and oxygen atoms in total. The van der Waals surface area contributed by atoms with Crippen molar-refractivity contribution in [2.75, 3.05) is 6.54 Å². The monoisotopic (exact) mass is 265 g/mol. The Morgan fingerprint density at radius 1 is 1.58 bits per heavy atom. The largest absolute Gasteiger partial charge is 0.317 e. The Morgan fingerprint density at radius 3 is 2.95 bits per heavy atom. The minimum absolute atomic E-state index is 0.247. The SMILES string of the molecule is CCC1C(=O)NC(=O)CN1C(=O)c1cccnc1F. The predicted octanol–water partition coefficient (Wildman–Crippen LogP) is 0.0979. The first-order valence-corrected chi connectivity index (χ1v) is 5.79. The van der Waals surface area contributed by atoms with Crippen molar-refractivity contribution in [1.82, 2.24) is 15.2 Å². The third kappa shape index (κ3) is 2.44. The van der Waals surface area contributed by atoms with Crippen LogP contribution in [0.15, 0.2) is 18.3 Å². The normalized spacial score (nSPS) is 19.3. The number of carbonyl (C=O) groups is 3. The second-order valence-corrected chi connectivity index (χ2v) is 4.11. The molecule has 1 atom stereocenters. The maximum atomic E-state index is 13.5. The number of aromatic nitrogens is 1. The summed E-state index contributed by atoms with van der Waals surface area (Å²) < 4.78 is 13.5.